The van der Waals surface area contributed by atoms with Gasteiger partial charge in [-0.15, -0.1) is 0 Å². The molecule has 1 saturated carbocycles. The molecule has 0 bridgehead atoms. The van der Waals surface area contributed by atoms with Crippen molar-refractivity contribution in [1.29, 1.82) is 0 Å². The third-order valence-corrected chi connectivity index (χ3v) is 6.07. The maximum absolute atomic E-state index is 6.16. The summed E-state index contributed by atoms with van der Waals surface area (Å²) >= 11 is 0. The molecule has 0 aromatic carbocycles. The zero-order valence-corrected chi connectivity index (χ0v) is 12.3. The van der Waals surface area contributed by atoms with Crippen molar-refractivity contribution in [2.75, 3.05) is 6.61 Å². The molecule has 2 heteroatoms. The highest BCUT2D eigenvalue weighted by Crippen LogP contribution is 2.36. The van der Waals surface area contributed by atoms with E-state index in [0.717, 1.165) is 12.5 Å². The Morgan fingerprint density at radius 2 is 1.53 bits per heavy atom. The molecular formula is C13H26OSi. The Morgan fingerprint density at radius 1 is 0.867 bits per heavy atom. The molecule has 1 heterocycles. The Morgan fingerprint density at radius 3 is 2.13 bits per heavy atom. The molecular weight excluding hydrogens is 200 g/mol. The van der Waals surface area contributed by atoms with Crippen molar-refractivity contribution >= 4 is 10.2 Å². The topological polar surface area (TPSA) is 9.23 Å². The maximum atomic E-state index is 6.16. The van der Waals surface area contributed by atoms with Crippen LogP contribution in [-0.2, 0) is 4.74 Å². The van der Waals surface area contributed by atoms with Gasteiger partial charge in [-0.1, -0.05) is 32.1 Å². The first-order valence-electron chi connectivity index (χ1n) is 6.95. The second-order valence-corrected chi connectivity index (χ2v) is 7.35. The second-order valence-electron chi connectivity index (χ2n) is 5.66. The minimum absolute atomic E-state index is 0.371. The van der Waals surface area contributed by atoms with E-state index < -0.39 is 0 Å². The highest BCUT2D eigenvalue weighted by Gasteiger charge is 2.35. The average molecular weight is 226 g/mol. The minimum atomic E-state index is 0.371. The van der Waals surface area contributed by atoms with Gasteiger partial charge >= 0.3 is 0 Å². The van der Waals surface area contributed by atoms with Gasteiger partial charge in [-0.25, -0.2) is 0 Å². The third-order valence-electron chi connectivity index (χ3n) is 4.47. The predicted octanol–water partition coefficient (Wildman–Crippen LogP) is 2.61. The molecule has 0 amide bonds. The van der Waals surface area contributed by atoms with Crippen LogP contribution >= 0.6 is 0 Å². The van der Waals surface area contributed by atoms with Crippen LogP contribution in [0.3, 0.4) is 0 Å². The molecule has 0 radical (unpaired) electrons. The van der Waals surface area contributed by atoms with Gasteiger partial charge in [0, 0.05) is 16.8 Å². The molecule has 0 aromatic rings. The highest BCUT2D eigenvalue weighted by molar-refractivity contribution is 6.14. The second kappa shape index (κ2) is 5.49. The van der Waals surface area contributed by atoms with Crippen LogP contribution in [0.4, 0.5) is 0 Å². The molecule has 2 fully saturated rings. The zero-order chi connectivity index (χ0) is 10.6. The Labute approximate surface area is 97.4 Å². The van der Waals surface area contributed by atoms with Crippen molar-refractivity contribution in [1.82, 2.24) is 0 Å². The fraction of sp³-hybridized carbons (Fsp3) is 1.00. The number of hydrogen-bond acceptors (Lipinski definition) is 1. The van der Waals surface area contributed by atoms with Crippen molar-refractivity contribution in [2.24, 2.45) is 5.92 Å². The van der Waals surface area contributed by atoms with Crippen LogP contribution < -0.4 is 0 Å². The van der Waals surface area contributed by atoms with Crippen LogP contribution in [0.25, 0.3) is 0 Å². The molecule has 0 aromatic heterocycles. The highest BCUT2D eigenvalue weighted by atomic mass is 28.1. The van der Waals surface area contributed by atoms with Gasteiger partial charge in [0.25, 0.3) is 0 Å². The lowest BCUT2D eigenvalue weighted by Gasteiger charge is -2.42. The molecule has 1 unspecified atom stereocenters. The first-order chi connectivity index (χ1) is 7.31. The standard InChI is InChI=1S/C13H26OSi/c15-13(10-6-7-11-14-13)12-8-4-2-1-3-5-9-12/h12H,1-11H2,15H3. The van der Waals surface area contributed by atoms with E-state index >= 15 is 0 Å². The Kier molecular flexibility index (Phi) is 4.27. The summed E-state index contributed by atoms with van der Waals surface area (Å²) in [6.45, 7) is 1.04. The van der Waals surface area contributed by atoms with E-state index in [2.05, 4.69) is 0 Å². The monoisotopic (exact) mass is 226 g/mol. The molecule has 2 rings (SSSR count). The smallest absolute Gasteiger partial charge is 0.0513 e. The summed E-state index contributed by atoms with van der Waals surface area (Å²) in [6, 6.07) is 0. The zero-order valence-electron chi connectivity index (χ0n) is 10.3. The van der Waals surface area contributed by atoms with Gasteiger partial charge in [-0.3, -0.25) is 0 Å². The van der Waals surface area contributed by atoms with E-state index in [1.54, 1.807) is 0 Å². The van der Waals surface area contributed by atoms with Crippen molar-refractivity contribution in [3.05, 3.63) is 0 Å². The van der Waals surface area contributed by atoms with E-state index in [1.165, 1.54) is 74.5 Å². The van der Waals surface area contributed by atoms with Gasteiger partial charge < -0.3 is 4.74 Å². The fourth-order valence-electron chi connectivity index (χ4n) is 3.34. The summed E-state index contributed by atoms with van der Waals surface area (Å²) in [5.74, 6) is 0.907. The number of hydrogen-bond donors (Lipinski definition) is 0. The predicted molar refractivity (Wildman–Crippen MR) is 68.3 cm³/mol. The van der Waals surface area contributed by atoms with Gasteiger partial charge in [0.05, 0.1) is 5.22 Å². The first-order valence-corrected chi connectivity index (χ1v) is 7.95. The average Bonchev–Trinajstić information content (AvgIpc) is 2.17. The normalized spacial score (nSPS) is 36.0. The summed E-state index contributed by atoms with van der Waals surface area (Å²) in [5.41, 5.74) is 0. The van der Waals surface area contributed by atoms with Crippen LogP contribution in [0.2, 0.25) is 0 Å². The van der Waals surface area contributed by atoms with Crippen LogP contribution in [-0.4, -0.2) is 22.1 Å². The van der Waals surface area contributed by atoms with Crippen molar-refractivity contribution in [2.45, 2.75) is 69.4 Å². The molecule has 15 heavy (non-hydrogen) atoms. The summed E-state index contributed by atoms with van der Waals surface area (Å²) in [5, 5.41) is 0.371. The fourth-order valence-corrected chi connectivity index (χ4v) is 4.48. The lowest BCUT2D eigenvalue weighted by Crippen LogP contribution is -2.44. The van der Waals surface area contributed by atoms with Crippen LogP contribution in [0.15, 0.2) is 0 Å². The quantitative estimate of drug-likeness (QED) is 0.625. The number of ether oxygens (including phenoxy) is 1. The Hall–Kier alpha value is 0.177. The Bertz CT molecular complexity index is 179. The van der Waals surface area contributed by atoms with Crippen LogP contribution in [0.1, 0.15) is 64.2 Å². The van der Waals surface area contributed by atoms with Crippen molar-refractivity contribution in [3.8, 4) is 0 Å². The molecule has 1 aliphatic carbocycles. The lowest BCUT2D eigenvalue weighted by molar-refractivity contribution is -0.0618. The number of rotatable bonds is 1. The van der Waals surface area contributed by atoms with Gasteiger partial charge in [-0.2, -0.15) is 0 Å². The van der Waals surface area contributed by atoms with Crippen molar-refractivity contribution in [3.63, 3.8) is 0 Å². The van der Waals surface area contributed by atoms with E-state index in [1.807, 2.05) is 0 Å². The van der Waals surface area contributed by atoms with E-state index in [4.69, 9.17) is 4.74 Å². The Balaban J connectivity index is 1.92. The molecule has 2 aliphatic rings. The summed E-state index contributed by atoms with van der Waals surface area (Å²) in [6.07, 6.45) is 14.3. The van der Waals surface area contributed by atoms with Crippen LogP contribution in [0, 0.1) is 5.92 Å². The van der Waals surface area contributed by atoms with Gasteiger partial charge in [0.1, 0.15) is 0 Å². The molecule has 0 spiro atoms. The largest absolute Gasteiger partial charge is 0.379 e. The van der Waals surface area contributed by atoms with Gasteiger partial charge in [0.15, 0.2) is 0 Å². The third kappa shape index (κ3) is 3.07. The molecule has 1 aliphatic heterocycles. The molecule has 0 N–H and O–H groups in total. The maximum Gasteiger partial charge on any atom is 0.0513 e. The van der Waals surface area contributed by atoms with E-state index in [-0.39, 0.29) is 0 Å². The molecule has 88 valence electrons. The summed E-state index contributed by atoms with van der Waals surface area (Å²) in [4.78, 5) is 0. The van der Waals surface area contributed by atoms with E-state index in [0.29, 0.717) is 5.22 Å². The molecule has 1 nitrogen and oxygen atoms in total. The van der Waals surface area contributed by atoms with Gasteiger partial charge in [0.2, 0.25) is 0 Å². The minimum Gasteiger partial charge on any atom is -0.379 e. The van der Waals surface area contributed by atoms with E-state index in [9.17, 15) is 0 Å². The first kappa shape index (κ1) is 11.7. The van der Waals surface area contributed by atoms with Crippen molar-refractivity contribution < 1.29 is 4.74 Å². The summed E-state index contributed by atoms with van der Waals surface area (Å²) in [7, 11) is 1.25. The summed E-state index contributed by atoms with van der Waals surface area (Å²) < 4.78 is 6.16. The lowest BCUT2D eigenvalue weighted by atomic mass is 9.84. The van der Waals surface area contributed by atoms with Gasteiger partial charge in [-0.05, 0) is 38.0 Å². The SMILES string of the molecule is [SiH3]C1(C2CCCCCCC2)CCCCO1. The molecule has 1 atom stereocenters. The van der Waals surface area contributed by atoms with Crippen LogP contribution in [0.5, 0.6) is 0 Å². The molecule has 1 saturated heterocycles.